The fraction of sp³-hybridized carbons (Fsp3) is 0.316. The fourth-order valence-electron chi connectivity index (χ4n) is 2.49. The van der Waals surface area contributed by atoms with Crippen LogP contribution in [0, 0.1) is 0 Å². The molecule has 146 valence electrons. The largest absolute Gasteiger partial charge is 0.325 e. The Bertz CT molecular complexity index is 899. The minimum Gasteiger partial charge on any atom is -0.325 e. The maximum atomic E-state index is 12.5. The van der Waals surface area contributed by atoms with Gasteiger partial charge in [0.15, 0.2) is 0 Å². The number of nitrogens with zero attached hydrogens (tertiary/aromatic N) is 1. The van der Waals surface area contributed by atoms with Gasteiger partial charge >= 0.3 is 0 Å². The third kappa shape index (κ3) is 5.52. The molecular weight excluding hydrogens is 386 g/mol. The molecule has 0 saturated heterocycles. The molecule has 8 heteroatoms. The Morgan fingerprint density at radius 1 is 1.07 bits per heavy atom. The van der Waals surface area contributed by atoms with Crippen molar-refractivity contribution in [1.29, 1.82) is 0 Å². The topological polar surface area (TPSA) is 78.5 Å². The molecule has 0 spiro atoms. The van der Waals surface area contributed by atoms with Gasteiger partial charge in [-0.2, -0.15) is 0 Å². The fourth-order valence-corrected chi connectivity index (χ4v) is 3.57. The van der Waals surface area contributed by atoms with Crippen LogP contribution >= 0.6 is 11.6 Å². The lowest BCUT2D eigenvalue weighted by Crippen LogP contribution is -2.39. The zero-order valence-corrected chi connectivity index (χ0v) is 17.3. The van der Waals surface area contributed by atoms with Crippen molar-refractivity contribution in [3.05, 3.63) is 59.1 Å². The van der Waals surface area contributed by atoms with E-state index in [0.717, 1.165) is 9.87 Å². The van der Waals surface area contributed by atoms with Gasteiger partial charge in [0, 0.05) is 30.8 Å². The summed E-state index contributed by atoms with van der Waals surface area (Å²) in [5.74, 6) is -0.254. The number of rotatable bonds is 7. The van der Waals surface area contributed by atoms with Crippen LogP contribution in [0.3, 0.4) is 0 Å². The van der Waals surface area contributed by atoms with Crippen LogP contribution in [0.2, 0.25) is 5.02 Å². The van der Waals surface area contributed by atoms with Gasteiger partial charge < -0.3 is 5.32 Å². The second-order valence-corrected chi connectivity index (χ2v) is 9.05. The lowest BCUT2D eigenvalue weighted by molar-refractivity contribution is -0.117. The van der Waals surface area contributed by atoms with E-state index in [2.05, 4.69) is 10.6 Å². The van der Waals surface area contributed by atoms with Crippen molar-refractivity contribution in [1.82, 2.24) is 9.62 Å². The molecule has 0 radical (unpaired) electrons. The Labute approximate surface area is 165 Å². The zero-order chi connectivity index (χ0) is 20.2. The molecule has 0 aliphatic heterocycles. The molecule has 6 nitrogen and oxygen atoms in total. The Hall–Kier alpha value is -1.93. The van der Waals surface area contributed by atoms with Gasteiger partial charge in [0.25, 0.3) is 0 Å². The van der Waals surface area contributed by atoms with E-state index in [1.807, 2.05) is 19.1 Å². The molecule has 1 amide bonds. The van der Waals surface area contributed by atoms with E-state index in [1.54, 1.807) is 31.2 Å². The Balaban J connectivity index is 2.05. The lowest BCUT2D eigenvalue weighted by Gasteiger charge is -2.20. The maximum Gasteiger partial charge on any atom is 0.242 e. The molecular formula is C19H24ClN3O3S. The first kappa shape index (κ1) is 21.4. The number of sulfonamides is 1. The summed E-state index contributed by atoms with van der Waals surface area (Å²) in [6.07, 6.45) is 0. The molecule has 0 unspecified atom stereocenters. The van der Waals surface area contributed by atoms with Gasteiger partial charge in [0.05, 0.1) is 10.9 Å². The van der Waals surface area contributed by atoms with Crippen molar-refractivity contribution in [2.75, 3.05) is 19.4 Å². The molecule has 0 heterocycles. The van der Waals surface area contributed by atoms with Gasteiger partial charge in [-0.25, -0.2) is 12.7 Å². The number of anilines is 1. The summed E-state index contributed by atoms with van der Waals surface area (Å²) in [7, 11) is -0.632. The summed E-state index contributed by atoms with van der Waals surface area (Å²) < 4.78 is 25.6. The van der Waals surface area contributed by atoms with Crippen molar-refractivity contribution in [3.8, 4) is 0 Å². The van der Waals surface area contributed by atoms with Crippen LogP contribution in [-0.4, -0.2) is 38.8 Å². The molecule has 0 aromatic heterocycles. The van der Waals surface area contributed by atoms with Gasteiger partial charge in [0.2, 0.25) is 15.9 Å². The van der Waals surface area contributed by atoms with Crippen molar-refractivity contribution >= 4 is 33.2 Å². The van der Waals surface area contributed by atoms with E-state index in [0.29, 0.717) is 10.7 Å². The number of nitrogens with one attached hydrogen (secondary N) is 2. The number of amides is 1. The predicted molar refractivity (Wildman–Crippen MR) is 108 cm³/mol. The van der Waals surface area contributed by atoms with Crippen LogP contribution in [0.4, 0.5) is 5.69 Å². The van der Waals surface area contributed by atoms with E-state index in [9.17, 15) is 13.2 Å². The molecule has 2 atom stereocenters. The molecule has 0 bridgehead atoms. The van der Waals surface area contributed by atoms with Crippen molar-refractivity contribution in [2.45, 2.75) is 30.8 Å². The Morgan fingerprint density at radius 3 is 2.30 bits per heavy atom. The van der Waals surface area contributed by atoms with E-state index in [4.69, 9.17) is 11.6 Å². The number of hydrogen-bond acceptors (Lipinski definition) is 4. The van der Waals surface area contributed by atoms with Crippen molar-refractivity contribution in [2.24, 2.45) is 0 Å². The summed E-state index contributed by atoms with van der Waals surface area (Å²) in [5, 5.41) is 6.63. The maximum absolute atomic E-state index is 12.5. The van der Waals surface area contributed by atoms with Gasteiger partial charge in [-0.1, -0.05) is 29.8 Å². The summed E-state index contributed by atoms with van der Waals surface area (Å²) in [4.78, 5) is 12.6. The summed E-state index contributed by atoms with van der Waals surface area (Å²) >= 11 is 5.90. The Morgan fingerprint density at radius 2 is 1.70 bits per heavy atom. The highest BCUT2D eigenvalue weighted by Gasteiger charge is 2.19. The first-order valence-electron chi connectivity index (χ1n) is 8.46. The molecule has 2 aromatic rings. The normalized spacial score (nSPS) is 14.0. The zero-order valence-electron chi connectivity index (χ0n) is 15.7. The van der Waals surface area contributed by atoms with Crippen LogP contribution in [-0.2, 0) is 14.8 Å². The molecule has 27 heavy (non-hydrogen) atoms. The van der Waals surface area contributed by atoms with Gasteiger partial charge in [-0.05, 0) is 49.7 Å². The summed E-state index contributed by atoms with van der Waals surface area (Å²) in [5.41, 5.74) is 1.44. The van der Waals surface area contributed by atoms with Gasteiger partial charge in [-0.3, -0.25) is 10.1 Å². The van der Waals surface area contributed by atoms with E-state index in [-0.39, 0.29) is 16.8 Å². The van der Waals surface area contributed by atoms with Crippen LogP contribution in [0.15, 0.2) is 53.4 Å². The minimum absolute atomic E-state index is 0.0523. The number of carbonyl (C=O) groups is 1. The smallest absolute Gasteiger partial charge is 0.242 e. The van der Waals surface area contributed by atoms with Crippen molar-refractivity contribution < 1.29 is 13.2 Å². The molecule has 2 N–H and O–H groups in total. The SMILES string of the molecule is C[C@H](N[C@@H](C)c1ccc(Cl)cc1)C(=O)Nc1cccc(S(=O)(=O)N(C)C)c1. The average Bonchev–Trinajstić information content (AvgIpc) is 2.62. The molecule has 0 aliphatic carbocycles. The van der Waals surface area contributed by atoms with Gasteiger partial charge in [-0.15, -0.1) is 0 Å². The quantitative estimate of drug-likeness (QED) is 0.735. The highest BCUT2D eigenvalue weighted by atomic mass is 35.5. The third-order valence-electron chi connectivity index (χ3n) is 4.14. The Kier molecular flexibility index (Phi) is 7.00. The minimum atomic E-state index is -3.56. The van der Waals surface area contributed by atoms with Gasteiger partial charge in [0.1, 0.15) is 0 Å². The standard InChI is InChI=1S/C19H24ClN3O3S/c1-13(15-8-10-16(20)11-9-15)21-14(2)19(24)22-17-6-5-7-18(12-17)27(25,26)23(3)4/h5-14,21H,1-4H3,(H,22,24)/t13-,14-/m0/s1. The second-order valence-electron chi connectivity index (χ2n) is 6.47. The molecule has 0 saturated carbocycles. The first-order valence-corrected chi connectivity index (χ1v) is 10.3. The molecule has 0 aliphatic rings. The van der Waals surface area contributed by atoms with E-state index >= 15 is 0 Å². The second kappa shape index (κ2) is 8.84. The monoisotopic (exact) mass is 409 g/mol. The van der Waals surface area contributed by atoms with Crippen LogP contribution in [0.5, 0.6) is 0 Å². The lowest BCUT2D eigenvalue weighted by atomic mass is 10.1. The number of hydrogen-bond donors (Lipinski definition) is 2. The summed E-state index contributed by atoms with van der Waals surface area (Å²) in [6, 6.07) is 13.1. The number of halogens is 1. The highest BCUT2D eigenvalue weighted by Crippen LogP contribution is 2.19. The third-order valence-corrected chi connectivity index (χ3v) is 6.21. The average molecular weight is 410 g/mol. The molecule has 2 aromatic carbocycles. The van der Waals surface area contributed by atoms with Crippen LogP contribution in [0.1, 0.15) is 25.5 Å². The van der Waals surface area contributed by atoms with Crippen LogP contribution < -0.4 is 10.6 Å². The molecule has 2 rings (SSSR count). The van der Waals surface area contributed by atoms with E-state index in [1.165, 1.54) is 26.2 Å². The van der Waals surface area contributed by atoms with Crippen LogP contribution in [0.25, 0.3) is 0 Å². The number of carbonyl (C=O) groups excluding carboxylic acids is 1. The van der Waals surface area contributed by atoms with Crippen molar-refractivity contribution in [3.63, 3.8) is 0 Å². The molecule has 0 fully saturated rings. The summed E-state index contributed by atoms with van der Waals surface area (Å²) in [6.45, 7) is 3.71. The number of benzene rings is 2. The first-order chi connectivity index (χ1) is 12.6. The highest BCUT2D eigenvalue weighted by molar-refractivity contribution is 7.89. The van der Waals surface area contributed by atoms with E-state index < -0.39 is 16.1 Å². The predicted octanol–water partition coefficient (Wildman–Crippen LogP) is 3.27.